The predicted molar refractivity (Wildman–Crippen MR) is 89.9 cm³/mol. The van der Waals surface area contributed by atoms with Crippen molar-refractivity contribution < 1.29 is 9.18 Å². The van der Waals surface area contributed by atoms with Crippen LogP contribution in [0.4, 0.5) is 10.1 Å². The first-order chi connectivity index (χ1) is 11.2. The second-order valence-corrected chi connectivity index (χ2v) is 6.78. The summed E-state index contributed by atoms with van der Waals surface area (Å²) in [6.45, 7) is 4.80. The summed E-state index contributed by atoms with van der Waals surface area (Å²) in [5, 5.41) is 6.42. The summed E-state index contributed by atoms with van der Waals surface area (Å²) in [4.78, 5) is 14.2. The average Bonchev–Trinajstić information content (AvgIpc) is 3.23. The van der Waals surface area contributed by atoms with Crippen molar-refractivity contribution in [3.8, 4) is 0 Å². The highest BCUT2D eigenvalue weighted by atomic mass is 19.1. The van der Waals surface area contributed by atoms with Gasteiger partial charge in [-0.3, -0.25) is 4.79 Å². The topological polar surface area (TPSA) is 44.4 Å². The summed E-state index contributed by atoms with van der Waals surface area (Å²) < 4.78 is 13.0. The number of hydrogen-bond acceptors (Lipinski definition) is 3. The summed E-state index contributed by atoms with van der Waals surface area (Å²) in [6, 6.07) is 6.66. The number of halogens is 1. The van der Waals surface area contributed by atoms with Crippen molar-refractivity contribution >= 4 is 11.6 Å². The lowest BCUT2D eigenvalue weighted by Crippen LogP contribution is -2.31. The second-order valence-electron chi connectivity index (χ2n) is 6.78. The molecule has 2 N–H and O–H groups in total. The first kappa shape index (κ1) is 16.2. The molecule has 5 heteroatoms. The molecule has 2 aliphatic rings. The van der Waals surface area contributed by atoms with Crippen LogP contribution in [0.3, 0.4) is 0 Å². The van der Waals surface area contributed by atoms with E-state index in [4.69, 9.17) is 0 Å². The molecule has 2 unspecified atom stereocenters. The van der Waals surface area contributed by atoms with Gasteiger partial charge in [0, 0.05) is 31.7 Å². The molecule has 2 aliphatic heterocycles. The number of nitrogens with one attached hydrogen (secondary N) is 2. The van der Waals surface area contributed by atoms with Crippen LogP contribution in [-0.2, 0) is 4.79 Å². The van der Waals surface area contributed by atoms with Crippen LogP contribution < -0.4 is 15.5 Å². The molecule has 4 nitrogen and oxygen atoms in total. The molecule has 1 aromatic carbocycles. The Labute approximate surface area is 137 Å². The Balaban J connectivity index is 1.36. The smallest absolute Gasteiger partial charge is 0.220 e. The highest BCUT2D eigenvalue weighted by molar-refractivity contribution is 5.75. The molecule has 2 fully saturated rings. The molecule has 1 amide bonds. The van der Waals surface area contributed by atoms with Crippen LogP contribution in [0.2, 0.25) is 0 Å². The molecule has 126 valence electrons. The molecule has 0 radical (unpaired) electrons. The minimum Gasteiger partial charge on any atom is -0.371 e. The van der Waals surface area contributed by atoms with E-state index in [0.717, 1.165) is 51.3 Å². The highest BCUT2D eigenvalue weighted by Gasteiger charge is 2.23. The lowest BCUT2D eigenvalue weighted by Gasteiger charge is -2.19. The Morgan fingerprint density at radius 3 is 2.83 bits per heavy atom. The van der Waals surface area contributed by atoms with Crippen LogP contribution in [-0.4, -0.2) is 38.6 Å². The Hall–Kier alpha value is -1.62. The van der Waals surface area contributed by atoms with Crippen molar-refractivity contribution in [1.29, 1.82) is 0 Å². The van der Waals surface area contributed by atoms with Gasteiger partial charge in [-0.15, -0.1) is 0 Å². The molecule has 1 aromatic rings. The molecule has 2 heterocycles. The number of amides is 1. The second kappa shape index (κ2) is 7.77. The standard InChI is InChI=1S/C18H26FN3O/c19-16-2-4-17(5-3-16)22-10-8-15(13-22)12-21-18(23)6-1-14-7-9-20-11-14/h2-5,14-15,20H,1,6-13H2,(H,21,23). The van der Waals surface area contributed by atoms with E-state index in [2.05, 4.69) is 15.5 Å². The fourth-order valence-electron chi connectivity index (χ4n) is 3.53. The van der Waals surface area contributed by atoms with E-state index < -0.39 is 0 Å². The third-order valence-corrected chi connectivity index (χ3v) is 5.01. The van der Waals surface area contributed by atoms with Gasteiger partial charge in [0.1, 0.15) is 5.82 Å². The van der Waals surface area contributed by atoms with E-state index in [-0.39, 0.29) is 11.7 Å². The van der Waals surface area contributed by atoms with Crippen molar-refractivity contribution in [3.63, 3.8) is 0 Å². The van der Waals surface area contributed by atoms with Crippen molar-refractivity contribution in [2.75, 3.05) is 37.6 Å². The summed E-state index contributed by atoms with van der Waals surface area (Å²) in [5.41, 5.74) is 1.06. The summed E-state index contributed by atoms with van der Waals surface area (Å²) in [5.74, 6) is 1.13. The van der Waals surface area contributed by atoms with Gasteiger partial charge in [-0.25, -0.2) is 4.39 Å². The number of benzene rings is 1. The quantitative estimate of drug-likeness (QED) is 0.844. The van der Waals surface area contributed by atoms with Gasteiger partial charge >= 0.3 is 0 Å². The van der Waals surface area contributed by atoms with Crippen LogP contribution in [0.15, 0.2) is 24.3 Å². The fraction of sp³-hybridized carbons (Fsp3) is 0.611. The maximum atomic E-state index is 13.0. The zero-order valence-electron chi connectivity index (χ0n) is 13.6. The molecule has 23 heavy (non-hydrogen) atoms. The van der Waals surface area contributed by atoms with Gasteiger partial charge in [0.25, 0.3) is 0 Å². The van der Waals surface area contributed by atoms with Gasteiger partial charge in [-0.2, -0.15) is 0 Å². The molecular weight excluding hydrogens is 293 g/mol. The van der Waals surface area contributed by atoms with Gasteiger partial charge in [0.15, 0.2) is 0 Å². The molecular formula is C18H26FN3O. The summed E-state index contributed by atoms with van der Waals surface area (Å²) in [7, 11) is 0. The van der Waals surface area contributed by atoms with Gasteiger partial charge in [-0.05, 0) is 68.5 Å². The van der Waals surface area contributed by atoms with Crippen molar-refractivity contribution in [2.45, 2.75) is 25.7 Å². The molecule has 0 aromatic heterocycles. The zero-order chi connectivity index (χ0) is 16.1. The van der Waals surface area contributed by atoms with E-state index >= 15 is 0 Å². The fourth-order valence-corrected chi connectivity index (χ4v) is 3.53. The zero-order valence-corrected chi connectivity index (χ0v) is 13.6. The maximum absolute atomic E-state index is 13.0. The molecule has 2 saturated heterocycles. The maximum Gasteiger partial charge on any atom is 0.220 e. The molecule has 3 rings (SSSR count). The molecule has 2 atom stereocenters. The number of nitrogens with zero attached hydrogens (tertiary/aromatic N) is 1. The molecule has 0 spiro atoms. The first-order valence-electron chi connectivity index (χ1n) is 8.68. The monoisotopic (exact) mass is 319 g/mol. The van der Waals surface area contributed by atoms with E-state index in [9.17, 15) is 9.18 Å². The van der Waals surface area contributed by atoms with Gasteiger partial charge in [-0.1, -0.05) is 0 Å². The van der Waals surface area contributed by atoms with E-state index in [1.807, 2.05) is 12.1 Å². The third-order valence-electron chi connectivity index (χ3n) is 5.01. The third kappa shape index (κ3) is 4.67. The van der Waals surface area contributed by atoms with Crippen LogP contribution in [0.25, 0.3) is 0 Å². The normalized spacial score (nSPS) is 24.1. The molecule has 0 bridgehead atoms. The minimum absolute atomic E-state index is 0.178. The predicted octanol–water partition coefficient (Wildman–Crippen LogP) is 2.16. The van der Waals surface area contributed by atoms with Crippen LogP contribution in [0.1, 0.15) is 25.7 Å². The lowest BCUT2D eigenvalue weighted by atomic mass is 10.0. The van der Waals surface area contributed by atoms with Crippen molar-refractivity contribution in [2.24, 2.45) is 11.8 Å². The van der Waals surface area contributed by atoms with E-state index in [1.54, 1.807) is 0 Å². The summed E-state index contributed by atoms with van der Waals surface area (Å²) in [6.07, 6.45) is 3.90. The van der Waals surface area contributed by atoms with Gasteiger partial charge < -0.3 is 15.5 Å². The van der Waals surface area contributed by atoms with E-state index in [0.29, 0.717) is 18.3 Å². The van der Waals surface area contributed by atoms with Crippen LogP contribution >= 0.6 is 0 Å². The average molecular weight is 319 g/mol. The van der Waals surface area contributed by atoms with E-state index in [1.165, 1.54) is 18.6 Å². The number of rotatable bonds is 6. The Morgan fingerprint density at radius 2 is 2.09 bits per heavy atom. The Morgan fingerprint density at radius 1 is 1.26 bits per heavy atom. The number of hydrogen-bond donors (Lipinski definition) is 2. The van der Waals surface area contributed by atoms with Crippen molar-refractivity contribution in [3.05, 3.63) is 30.1 Å². The highest BCUT2D eigenvalue weighted by Crippen LogP contribution is 2.23. The largest absolute Gasteiger partial charge is 0.371 e. The number of carbonyl (C=O) groups is 1. The summed E-state index contributed by atoms with van der Waals surface area (Å²) >= 11 is 0. The van der Waals surface area contributed by atoms with Crippen LogP contribution in [0, 0.1) is 17.7 Å². The SMILES string of the molecule is O=C(CCC1CCNC1)NCC1CCN(c2ccc(F)cc2)C1. The first-order valence-corrected chi connectivity index (χ1v) is 8.68. The Bertz CT molecular complexity index is 514. The molecule has 0 saturated carbocycles. The molecule has 0 aliphatic carbocycles. The van der Waals surface area contributed by atoms with Crippen LogP contribution in [0.5, 0.6) is 0 Å². The number of carbonyl (C=O) groups excluding carboxylic acids is 1. The minimum atomic E-state index is -0.200. The number of anilines is 1. The van der Waals surface area contributed by atoms with Crippen molar-refractivity contribution in [1.82, 2.24) is 10.6 Å². The van der Waals surface area contributed by atoms with Gasteiger partial charge in [0.2, 0.25) is 5.91 Å². The lowest BCUT2D eigenvalue weighted by molar-refractivity contribution is -0.121. The Kier molecular flexibility index (Phi) is 5.49. The van der Waals surface area contributed by atoms with Gasteiger partial charge in [0.05, 0.1) is 0 Å².